The highest BCUT2D eigenvalue weighted by atomic mass is 35.5. The van der Waals surface area contributed by atoms with Gasteiger partial charge in [-0.2, -0.15) is 0 Å². The Morgan fingerprint density at radius 3 is 1.60 bits per heavy atom. The third kappa shape index (κ3) is 15.1. The van der Waals surface area contributed by atoms with E-state index in [9.17, 15) is 33.0 Å². The third-order valence-electron chi connectivity index (χ3n) is 16.2. The number of carbonyl (C=O) groups is 2. The van der Waals surface area contributed by atoms with E-state index < -0.39 is 30.0 Å². The molecule has 0 spiro atoms. The Hall–Kier alpha value is -6.92. The van der Waals surface area contributed by atoms with Crippen LogP contribution in [-0.2, 0) is 22.4 Å². The molecule has 6 aliphatic rings. The van der Waals surface area contributed by atoms with E-state index >= 15 is 0 Å². The molecule has 2 aliphatic carbocycles. The lowest BCUT2D eigenvalue weighted by atomic mass is 9.92. The Morgan fingerprint density at radius 2 is 1.11 bits per heavy atom. The van der Waals surface area contributed by atoms with Gasteiger partial charge < -0.3 is 44.8 Å². The van der Waals surface area contributed by atoms with Crippen molar-refractivity contribution in [2.24, 2.45) is 9.98 Å². The number of rotatable bonds is 18. The van der Waals surface area contributed by atoms with Crippen molar-refractivity contribution in [1.82, 2.24) is 20.0 Å². The number of likely N-dealkylation sites (tertiary alicyclic amines) is 2. The summed E-state index contributed by atoms with van der Waals surface area (Å²) in [6.07, 6.45) is 8.86. The maximum Gasteiger partial charge on any atom is 0.354 e. The molecular weight excluding hydrogens is 1080 g/mol. The minimum absolute atomic E-state index is 0. The number of nitrogens with one attached hydrogen (secondary N) is 1. The highest BCUT2D eigenvalue weighted by Crippen LogP contribution is 2.36. The number of ether oxygens (including phenoxy) is 2. The Kier molecular flexibility index (Phi) is 19.4. The summed E-state index contributed by atoms with van der Waals surface area (Å²) in [5, 5.41) is 35.2. The van der Waals surface area contributed by atoms with Gasteiger partial charge in [0.25, 0.3) is 5.91 Å². The minimum Gasteiger partial charge on any atom is -0.489 e. The average Bonchev–Trinajstić information content (AvgIpc) is 4.00. The van der Waals surface area contributed by atoms with Crippen LogP contribution in [0.15, 0.2) is 131 Å². The lowest BCUT2D eigenvalue weighted by Crippen LogP contribution is -2.50. The number of nitrogens with zero attached hydrogens (tertiary/aromatic N) is 5. The number of likely N-dealkylation sites (N-methyl/N-ethyl adjacent to an activating group) is 2. The van der Waals surface area contributed by atoms with Gasteiger partial charge in [0.15, 0.2) is 17.3 Å². The standard InChI is InChI=1S/C33H35F2N3O3.C17H25ClN2O2.C16H12FNO2.H2/c1-37(33(40)31-27-12-6-22(18-23(27)14-15-36-31)21-4-8-25(34)9-5-21)29(20-38-16-2-3-17-38)32(39)24-7-13-30(28(35)19-24)41-26-10-11-26;1-19-15(11-20-8-2-3-9-20)17(21)12-4-7-16(14(18)10-12)22-13-5-6-13;17-13-4-1-10(2-5-13)11-3-6-14-12(9-11)7-8-18-15(14)16(19)20;/h4-9,12-13,18-19,26,29,32,39H,2-3,10-11,14-17,20H2,1H3;4,7,10,13,15,17,19,21H,2-3,5-6,8-9,11H2,1H3;1-6,9H,7-8H2,(H,19,20);1H/t29-,32-;15-,17-;;/m11../s1. The van der Waals surface area contributed by atoms with Gasteiger partial charge in [0.1, 0.15) is 29.2 Å². The molecule has 0 radical (unpaired) electrons. The van der Waals surface area contributed by atoms with Crippen LogP contribution in [0, 0.1) is 17.5 Å². The monoisotopic (exact) mass is 1150 g/mol. The van der Waals surface area contributed by atoms with Gasteiger partial charge in [0, 0.05) is 51.8 Å². The van der Waals surface area contributed by atoms with Crippen LogP contribution in [0.3, 0.4) is 0 Å². The summed E-state index contributed by atoms with van der Waals surface area (Å²) in [4.78, 5) is 40.0. The number of hydrogen-bond acceptors (Lipinski definition) is 11. The van der Waals surface area contributed by atoms with Crippen molar-refractivity contribution in [3.05, 3.63) is 177 Å². The summed E-state index contributed by atoms with van der Waals surface area (Å²) in [5.74, 6) is -1.43. The Bertz CT molecular complexity index is 3320. The fraction of sp³-hybridized carbons (Fsp3) is 0.394. The first-order chi connectivity index (χ1) is 40.2. The van der Waals surface area contributed by atoms with Crippen molar-refractivity contribution in [1.29, 1.82) is 0 Å². The van der Waals surface area contributed by atoms with Crippen molar-refractivity contribution >= 4 is 34.9 Å². The Labute approximate surface area is 489 Å². The van der Waals surface area contributed by atoms with Crippen LogP contribution < -0.4 is 14.8 Å². The van der Waals surface area contributed by atoms with Crippen LogP contribution in [0.1, 0.15) is 98.4 Å². The normalized spacial score (nSPS) is 18.1. The first-order valence-electron chi connectivity index (χ1n) is 29.0. The number of fused-ring (bicyclic) bond motifs is 2. The molecule has 83 heavy (non-hydrogen) atoms. The molecule has 13 nitrogen and oxygen atoms in total. The molecule has 6 aromatic rings. The molecule has 0 aromatic heterocycles. The number of hydrogen-bond donors (Lipinski definition) is 4. The van der Waals surface area contributed by atoms with Crippen molar-refractivity contribution in [3.63, 3.8) is 0 Å². The summed E-state index contributed by atoms with van der Waals surface area (Å²) in [6.45, 7) is 6.32. The van der Waals surface area contributed by atoms with Crippen molar-refractivity contribution < 1.29 is 49.0 Å². The number of benzene rings is 6. The van der Waals surface area contributed by atoms with Crippen LogP contribution in [0.2, 0.25) is 5.02 Å². The maximum absolute atomic E-state index is 14.9. The van der Waals surface area contributed by atoms with Crippen molar-refractivity contribution in [2.45, 2.75) is 101 Å². The lowest BCUT2D eigenvalue weighted by molar-refractivity contribution is -0.129. The minimum atomic E-state index is -1.10. The fourth-order valence-corrected chi connectivity index (χ4v) is 11.4. The molecule has 6 aromatic carbocycles. The highest BCUT2D eigenvalue weighted by Gasteiger charge is 2.35. The van der Waals surface area contributed by atoms with E-state index in [0.29, 0.717) is 54.0 Å². The number of carbonyl (C=O) groups excluding carboxylic acids is 1. The van der Waals surface area contributed by atoms with E-state index in [4.69, 9.17) is 26.2 Å². The molecule has 17 heteroatoms. The molecule has 4 heterocycles. The van der Waals surface area contributed by atoms with E-state index in [1.807, 2.05) is 55.6 Å². The molecule has 4 N–H and O–H groups in total. The van der Waals surface area contributed by atoms with Gasteiger partial charge in [-0.25, -0.2) is 18.0 Å². The van der Waals surface area contributed by atoms with Crippen LogP contribution in [-0.4, -0.2) is 144 Å². The molecule has 4 fully saturated rings. The second-order valence-electron chi connectivity index (χ2n) is 22.3. The van der Waals surface area contributed by atoms with Gasteiger partial charge in [0.05, 0.1) is 29.4 Å². The van der Waals surface area contributed by atoms with Crippen LogP contribution >= 0.6 is 11.6 Å². The summed E-state index contributed by atoms with van der Waals surface area (Å²) >= 11 is 6.30. The van der Waals surface area contributed by atoms with Gasteiger partial charge in [-0.1, -0.05) is 84.4 Å². The number of halogens is 4. The van der Waals surface area contributed by atoms with Crippen molar-refractivity contribution in [3.8, 4) is 33.8 Å². The molecule has 0 bridgehead atoms. The van der Waals surface area contributed by atoms with E-state index in [1.165, 1.54) is 43.2 Å². The molecule has 2 saturated heterocycles. The third-order valence-corrected chi connectivity index (χ3v) is 16.5. The SMILES string of the molecule is CN(C(=O)C1=NCCc2cc(-c3ccc(F)cc3)ccc21)[C@H](CN1CCCC1)[C@H](O)c1ccc(OC2CC2)c(F)c1.CN[C@H](CN1CCCC1)[C@H](O)c1ccc(OC2CC2)c(Cl)c1.O=C(O)C1=NCCc2cc(-c3ccc(F)cc3)ccc21.[HH]. The maximum atomic E-state index is 14.9. The number of aliphatic carboxylic acids is 1. The lowest BCUT2D eigenvalue weighted by Gasteiger charge is -2.35. The quantitative estimate of drug-likeness (QED) is 0.0652. The molecule has 4 aliphatic heterocycles. The average molecular weight is 1160 g/mol. The van der Waals surface area contributed by atoms with E-state index in [1.54, 1.807) is 54.4 Å². The zero-order valence-corrected chi connectivity index (χ0v) is 47.7. The predicted molar refractivity (Wildman–Crippen MR) is 319 cm³/mol. The molecule has 4 atom stereocenters. The number of aliphatic hydroxyl groups is 2. The Morgan fingerprint density at radius 1 is 0.639 bits per heavy atom. The van der Waals surface area contributed by atoms with Crippen LogP contribution in [0.25, 0.3) is 22.3 Å². The van der Waals surface area contributed by atoms with Gasteiger partial charge in [-0.3, -0.25) is 14.8 Å². The van der Waals surface area contributed by atoms with Gasteiger partial charge in [-0.05, 0) is 190 Å². The summed E-state index contributed by atoms with van der Waals surface area (Å²) in [6, 6.07) is 33.7. The van der Waals surface area contributed by atoms with Crippen molar-refractivity contribution in [2.75, 3.05) is 66.5 Å². The number of carboxylic acid groups (broad SMARTS) is 1. The molecule has 1 amide bonds. The zero-order valence-electron chi connectivity index (χ0n) is 47.0. The second-order valence-corrected chi connectivity index (χ2v) is 22.7. The summed E-state index contributed by atoms with van der Waals surface area (Å²) < 4.78 is 52.6. The number of aliphatic hydroxyl groups excluding tert-OH is 2. The molecule has 2 saturated carbocycles. The highest BCUT2D eigenvalue weighted by molar-refractivity contribution is 6.46. The summed E-state index contributed by atoms with van der Waals surface area (Å²) in [7, 11) is 3.59. The number of amides is 1. The molecular formula is C66H74ClF3N6O7. The van der Waals surface area contributed by atoms with Gasteiger partial charge >= 0.3 is 5.97 Å². The first kappa shape index (κ1) is 59.2. The predicted octanol–water partition coefficient (Wildman–Crippen LogP) is 10.9. The summed E-state index contributed by atoms with van der Waals surface area (Å²) in [5.41, 5.74) is 8.85. The molecule has 0 unspecified atom stereocenters. The Balaban J connectivity index is 0.000000166. The van der Waals surface area contributed by atoms with Gasteiger partial charge in [-0.15, -0.1) is 0 Å². The fourth-order valence-electron chi connectivity index (χ4n) is 11.2. The van der Waals surface area contributed by atoms with E-state index in [0.717, 1.165) is 128 Å². The number of carboxylic acids is 1. The van der Waals surface area contributed by atoms with E-state index in [2.05, 4.69) is 25.1 Å². The largest absolute Gasteiger partial charge is 0.489 e. The molecule has 12 rings (SSSR count). The number of aliphatic imine (C=N–C) groups is 2. The first-order valence-corrected chi connectivity index (χ1v) is 29.4. The van der Waals surface area contributed by atoms with Crippen LogP contribution in [0.5, 0.6) is 11.5 Å². The molecule has 438 valence electrons. The topological polar surface area (TPSA) is 160 Å². The van der Waals surface area contributed by atoms with E-state index in [-0.39, 0.29) is 42.6 Å². The smallest absolute Gasteiger partial charge is 0.354 e. The second kappa shape index (κ2) is 27.2. The van der Waals surface area contributed by atoms with Gasteiger partial charge in [0.2, 0.25) is 0 Å². The zero-order chi connectivity index (χ0) is 58.1. The van der Waals surface area contributed by atoms with Crippen LogP contribution in [0.4, 0.5) is 13.2 Å².